The Morgan fingerprint density at radius 1 is 1.30 bits per heavy atom. The minimum atomic E-state index is 0.253. The highest BCUT2D eigenvalue weighted by atomic mass is 79.9. The summed E-state index contributed by atoms with van der Waals surface area (Å²) in [4.78, 5) is 22.8. The maximum absolute atomic E-state index is 11.8. The van der Waals surface area contributed by atoms with Gasteiger partial charge in [-0.05, 0) is 18.1 Å². The van der Waals surface area contributed by atoms with E-state index in [1.807, 2.05) is 35.4 Å². The number of alkyl halides is 1. The number of rotatable bonds is 4. The number of para-hydroxylation sites is 2. The monoisotopic (exact) mass is 333 g/mol. The van der Waals surface area contributed by atoms with Crippen molar-refractivity contribution in [2.75, 3.05) is 18.4 Å². The molecule has 0 aliphatic carbocycles. The van der Waals surface area contributed by atoms with Crippen LogP contribution in [0, 0.1) is 5.92 Å². The Kier molecular flexibility index (Phi) is 3.96. The number of carbonyl (C=O) groups excluding carboxylic acids is 1. The first kappa shape index (κ1) is 13.5. The van der Waals surface area contributed by atoms with Gasteiger partial charge in [0.15, 0.2) is 0 Å². The van der Waals surface area contributed by atoms with Gasteiger partial charge in [0.05, 0.1) is 16.7 Å². The van der Waals surface area contributed by atoms with E-state index >= 15 is 0 Å². The normalized spacial score (nSPS) is 18.9. The molecule has 3 rings (SSSR count). The molecule has 0 radical (unpaired) electrons. The quantitative estimate of drug-likeness (QED) is 0.807. The van der Waals surface area contributed by atoms with Crippen LogP contribution in [0.5, 0.6) is 0 Å². The molecule has 4 nitrogen and oxygen atoms in total. The molecular weight excluding hydrogens is 318 g/mol. The zero-order valence-corrected chi connectivity index (χ0v) is 12.7. The molecule has 1 aliphatic rings. The van der Waals surface area contributed by atoms with Crippen LogP contribution < -0.4 is 0 Å². The molecule has 1 unspecified atom stereocenters. The smallest absolute Gasteiger partial charge is 0.222 e. The Morgan fingerprint density at radius 3 is 2.85 bits per heavy atom. The maximum atomic E-state index is 11.8. The summed E-state index contributed by atoms with van der Waals surface area (Å²) in [5.41, 5.74) is 2.77. The average Bonchev–Trinajstić information content (AvgIpc) is 2.85. The lowest BCUT2D eigenvalue weighted by atomic mass is 10.2. The predicted molar refractivity (Wildman–Crippen MR) is 81.7 cm³/mol. The minimum absolute atomic E-state index is 0.253. The minimum Gasteiger partial charge on any atom is -0.342 e. The lowest BCUT2D eigenvalue weighted by Crippen LogP contribution is -2.27. The van der Waals surface area contributed by atoms with Crippen molar-refractivity contribution in [2.24, 2.45) is 5.92 Å². The molecule has 104 valence electrons. The molecule has 1 aliphatic heterocycles. The molecule has 0 spiro atoms. The largest absolute Gasteiger partial charge is 0.342 e. The van der Waals surface area contributed by atoms with E-state index in [1.54, 1.807) is 0 Å². The molecule has 1 fully saturated rings. The van der Waals surface area contributed by atoms with Crippen LogP contribution in [0.15, 0.2) is 30.5 Å². The number of aromatic nitrogens is 2. The van der Waals surface area contributed by atoms with Crippen molar-refractivity contribution in [3.8, 4) is 0 Å². The number of fused-ring (bicyclic) bond motifs is 1. The van der Waals surface area contributed by atoms with Crippen LogP contribution in [0.4, 0.5) is 0 Å². The molecule has 5 heteroatoms. The Labute approximate surface area is 126 Å². The van der Waals surface area contributed by atoms with Crippen molar-refractivity contribution in [3.05, 3.63) is 36.2 Å². The first-order valence-electron chi connectivity index (χ1n) is 6.80. The topological polar surface area (TPSA) is 46.1 Å². The molecule has 1 aromatic carbocycles. The summed E-state index contributed by atoms with van der Waals surface area (Å²) in [6.07, 6.45) is 3.23. The third kappa shape index (κ3) is 2.82. The van der Waals surface area contributed by atoms with Gasteiger partial charge in [0.2, 0.25) is 5.91 Å². The molecular formula is C15H16BrN3O. The Morgan fingerprint density at radius 2 is 2.10 bits per heavy atom. The molecule has 1 atom stereocenters. The number of halogens is 1. The Bertz CT molecular complexity index is 631. The van der Waals surface area contributed by atoms with Gasteiger partial charge in [-0.25, -0.2) is 4.98 Å². The lowest BCUT2D eigenvalue weighted by Gasteiger charge is -2.15. The maximum Gasteiger partial charge on any atom is 0.222 e. The van der Waals surface area contributed by atoms with Crippen LogP contribution in [0.25, 0.3) is 11.0 Å². The number of nitrogens with zero attached hydrogens (tertiary/aromatic N) is 3. The number of hydrogen-bond donors (Lipinski definition) is 0. The van der Waals surface area contributed by atoms with E-state index < -0.39 is 0 Å². The lowest BCUT2D eigenvalue weighted by molar-refractivity contribution is -0.127. The molecule has 1 saturated heterocycles. The van der Waals surface area contributed by atoms with Crippen molar-refractivity contribution in [2.45, 2.75) is 12.8 Å². The first-order chi connectivity index (χ1) is 9.76. The van der Waals surface area contributed by atoms with Crippen molar-refractivity contribution >= 4 is 32.9 Å². The van der Waals surface area contributed by atoms with E-state index in [4.69, 9.17) is 0 Å². The summed E-state index contributed by atoms with van der Waals surface area (Å²) in [6.45, 7) is 1.58. The van der Waals surface area contributed by atoms with Gasteiger partial charge in [-0.15, -0.1) is 0 Å². The van der Waals surface area contributed by atoms with Gasteiger partial charge in [0, 0.05) is 37.5 Å². The molecule has 0 saturated carbocycles. The van der Waals surface area contributed by atoms with Crippen molar-refractivity contribution in [1.29, 1.82) is 0 Å². The summed E-state index contributed by atoms with van der Waals surface area (Å²) in [5.74, 6) is 0.702. The number of benzene rings is 1. The van der Waals surface area contributed by atoms with Gasteiger partial charge in [-0.2, -0.15) is 0 Å². The third-order valence-electron chi connectivity index (χ3n) is 3.65. The summed E-state index contributed by atoms with van der Waals surface area (Å²) in [5, 5.41) is 0.894. The molecule has 2 heterocycles. The molecule has 0 N–H and O–H groups in total. The van der Waals surface area contributed by atoms with Crippen molar-refractivity contribution in [3.63, 3.8) is 0 Å². The molecule has 20 heavy (non-hydrogen) atoms. The van der Waals surface area contributed by atoms with Crippen LogP contribution in [0.2, 0.25) is 0 Å². The highest BCUT2D eigenvalue weighted by Crippen LogP contribution is 2.19. The van der Waals surface area contributed by atoms with Crippen LogP contribution in [-0.2, 0) is 11.2 Å². The SMILES string of the molecule is O=C1CC(CBr)CN1CCc1cnc2ccccc2n1. The number of amides is 1. The third-order valence-corrected chi connectivity index (χ3v) is 4.56. The fourth-order valence-corrected chi connectivity index (χ4v) is 2.97. The van der Waals surface area contributed by atoms with Gasteiger partial charge in [0.25, 0.3) is 0 Å². The standard InChI is InChI=1S/C15H16BrN3O/c16-8-11-7-15(20)19(10-11)6-5-12-9-17-13-3-1-2-4-14(13)18-12/h1-4,9,11H,5-8,10H2. The summed E-state index contributed by atoms with van der Waals surface area (Å²) in [7, 11) is 0. The van der Waals surface area contributed by atoms with E-state index in [9.17, 15) is 4.79 Å². The van der Waals surface area contributed by atoms with Gasteiger partial charge in [-0.3, -0.25) is 9.78 Å². The van der Waals surface area contributed by atoms with Crippen LogP contribution >= 0.6 is 15.9 Å². The number of hydrogen-bond acceptors (Lipinski definition) is 3. The van der Waals surface area contributed by atoms with E-state index in [0.717, 1.165) is 41.6 Å². The van der Waals surface area contributed by atoms with Crippen LogP contribution in [0.3, 0.4) is 0 Å². The van der Waals surface area contributed by atoms with Gasteiger partial charge < -0.3 is 4.90 Å². The van der Waals surface area contributed by atoms with Crippen molar-refractivity contribution < 1.29 is 4.79 Å². The van der Waals surface area contributed by atoms with Gasteiger partial charge in [-0.1, -0.05) is 28.1 Å². The highest BCUT2D eigenvalue weighted by Gasteiger charge is 2.28. The first-order valence-corrected chi connectivity index (χ1v) is 7.93. The molecule has 2 aromatic rings. The summed E-state index contributed by atoms with van der Waals surface area (Å²) < 4.78 is 0. The number of carbonyl (C=O) groups is 1. The fourth-order valence-electron chi connectivity index (χ4n) is 2.54. The zero-order chi connectivity index (χ0) is 13.9. The van der Waals surface area contributed by atoms with Crippen LogP contribution in [0.1, 0.15) is 12.1 Å². The molecule has 1 aromatic heterocycles. The Hall–Kier alpha value is -1.49. The second-order valence-corrected chi connectivity index (χ2v) is 5.81. The van der Waals surface area contributed by atoms with E-state index in [0.29, 0.717) is 12.3 Å². The van der Waals surface area contributed by atoms with Crippen LogP contribution in [-0.4, -0.2) is 39.2 Å². The zero-order valence-electron chi connectivity index (χ0n) is 11.1. The summed E-state index contributed by atoms with van der Waals surface area (Å²) in [6, 6.07) is 7.84. The second-order valence-electron chi connectivity index (χ2n) is 5.16. The molecule has 0 bridgehead atoms. The highest BCUT2D eigenvalue weighted by molar-refractivity contribution is 9.09. The number of likely N-dealkylation sites (tertiary alicyclic amines) is 1. The Balaban J connectivity index is 1.66. The summed E-state index contributed by atoms with van der Waals surface area (Å²) >= 11 is 3.45. The van der Waals surface area contributed by atoms with Gasteiger partial charge >= 0.3 is 0 Å². The average molecular weight is 334 g/mol. The van der Waals surface area contributed by atoms with E-state index in [-0.39, 0.29) is 5.91 Å². The van der Waals surface area contributed by atoms with Gasteiger partial charge in [0.1, 0.15) is 0 Å². The van der Waals surface area contributed by atoms with E-state index in [1.165, 1.54) is 0 Å². The second kappa shape index (κ2) is 5.87. The fraction of sp³-hybridized carbons (Fsp3) is 0.400. The van der Waals surface area contributed by atoms with E-state index in [2.05, 4.69) is 25.9 Å². The van der Waals surface area contributed by atoms with Crippen molar-refractivity contribution in [1.82, 2.24) is 14.9 Å². The predicted octanol–water partition coefficient (Wildman–Crippen LogP) is 2.42. The molecule has 1 amide bonds.